The number of halogens is 1. The number of thiophene rings is 1. The van der Waals surface area contributed by atoms with Gasteiger partial charge in [0.15, 0.2) is 5.96 Å². The second-order valence-corrected chi connectivity index (χ2v) is 7.60. The zero-order chi connectivity index (χ0) is 17.4. The first-order chi connectivity index (χ1) is 11.5. The maximum atomic E-state index is 12.1. The Hall–Kier alpha value is -1.24. The quantitative estimate of drug-likeness (QED) is 0.265. The van der Waals surface area contributed by atoms with Gasteiger partial charge in [0.05, 0.1) is 0 Å². The summed E-state index contributed by atoms with van der Waals surface area (Å²) in [7, 11) is 0.107. The standard InChI is InChI=1S/C15H21N5O2S2.HI/c1-16-15(20(2)11-13-5-9-23-12-13)18-7-8-19-24(21,22)14-4-3-6-17-10-14;/h3-6,9-10,12,19H,7-8,11H2,1-2H3,(H,16,18);1H. The zero-order valence-electron chi connectivity index (χ0n) is 14.0. The molecule has 0 amide bonds. The molecule has 0 fully saturated rings. The van der Waals surface area contributed by atoms with Gasteiger partial charge in [-0.15, -0.1) is 24.0 Å². The molecule has 0 aromatic carbocycles. The number of hydrogen-bond donors (Lipinski definition) is 2. The van der Waals surface area contributed by atoms with E-state index in [2.05, 4.69) is 31.5 Å². The summed E-state index contributed by atoms with van der Waals surface area (Å²) in [5.41, 5.74) is 1.21. The van der Waals surface area contributed by atoms with Crippen molar-refractivity contribution in [2.45, 2.75) is 11.4 Å². The normalized spacial score (nSPS) is 11.7. The van der Waals surface area contributed by atoms with Gasteiger partial charge in [-0.05, 0) is 34.5 Å². The first-order valence-electron chi connectivity index (χ1n) is 7.35. The van der Waals surface area contributed by atoms with Crippen LogP contribution in [0, 0.1) is 0 Å². The molecule has 2 aromatic heterocycles. The van der Waals surface area contributed by atoms with E-state index in [-0.39, 0.29) is 35.4 Å². The minimum atomic E-state index is -3.53. The largest absolute Gasteiger partial charge is 0.355 e. The van der Waals surface area contributed by atoms with E-state index >= 15 is 0 Å². The lowest BCUT2D eigenvalue weighted by atomic mass is 10.3. The Morgan fingerprint density at radius 1 is 1.36 bits per heavy atom. The fourth-order valence-corrected chi connectivity index (χ4v) is 3.72. The first-order valence-corrected chi connectivity index (χ1v) is 9.78. The van der Waals surface area contributed by atoms with Crippen molar-refractivity contribution in [3.8, 4) is 0 Å². The molecule has 0 saturated carbocycles. The van der Waals surface area contributed by atoms with Gasteiger partial charge in [0.2, 0.25) is 10.0 Å². The van der Waals surface area contributed by atoms with Gasteiger partial charge in [-0.2, -0.15) is 11.3 Å². The molecule has 2 rings (SSSR count). The Balaban J connectivity index is 0.00000312. The summed E-state index contributed by atoms with van der Waals surface area (Å²) in [6.45, 7) is 1.42. The highest BCUT2D eigenvalue weighted by atomic mass is 127. The van der Waals surface area contributed by atoms with E-state index in [1.807, 2.05) is 17.3 Å². The highest BCUT2D eigenvalue weighted by Crippen LogP contribution is 2.08. The van der Waals surface area contributed by atoms with Gasteiger partial charge in [0.1, 0.15) is 4.90 Å². The Kier molecular flexibility index (Phi) is 9.32. The molecule has 0 spiro atoms. The number of hydrogen-bond acceptors (Lipinski definition) is 5. The predicted molar refractivity (Wildman–Crippen MR) is 112 cm³/mol. The molecule has 2 N–H and O–H groups in total. The van der Waals surface area contributed by atoms with E-state index in [1.165, 1.54) is 24.0 Å². The molecule has 138 valence electrons. The van der Waals surface area contributed by atoms with Crippen molar-refractivity contribution >= 4 is 51.3 Å². The SMILES string of the molecule is CN=C(NCCNS(=O)(=O)c1cccnc1)N(C)Cc1ccsc1.I. The summed E-state index contributed by atoms with van der Waals surface area (Å²) < 4.78 is 26.7. The van der Waals surface area contributed by atoms with Crippen LogP contribution in [-0.2, 0) is 16.6 Å². The van der Waals surface area contributed by atoms with Crippen molar-refractivity contribution < 1.29 is 8.42 Å². The predicted octanol–water partition coefficient (Wildman–Crippen LogP) is 1.75. The third kappa shape index (κ3) is 6.88. The highest BCUT2D eigenvalue weighted by Gasteiger charge is 2.13. The van der Waals surface area contributed by atoms with E-state index in [1.54, 1.807) is 24.5 Å². The molecule has 0 bridgehead atoms. The highest BCUT2D eigenvalue weighted by molar-refractivity contribution is 14.0. The summed E-state index contributed by atoms with van der Waals surface area (Å²) in [6, 6.07) is 5.17. The average molecular weight is 495 g/mol. The van der Waals surface area contributed by atoms with Crippen molar-refractivity contribution in [2.24, 2.45) is 4.99 Å². The van der Waals surface area contributed by atoms with Crippen molar-refractivity contribution in [1.82, 2.24) is 19.9 Å². The van der Waals surface area contributed by atoms with Crippen LogP contribution in [0.3, 0.4) is 0 Å². The molecule has 0 saturated heterocycles. The third-order valence-corrected chi connectivity index (χ3v) is 5.40. The molecular weight excluding hydrogens is 473 g/mol. The smallest absolute Gasteiger partial charge is 0.242 e. The van der Waals surface area contributed by atoms with Crippen LogP contribution in [0.4, 0.5) is 0 Å². The molecule has 0 atom stereocenters. The number of nitrogens with one attached hydrogen (secondary N) is 2. The van der Waals surface area contributed by atoms with Gasteiger partial charge in [-0.3, -0.25) is 9.98 Å². The van der Waals surface area contributed by atoms with Crippen molar-refractivity contribution in [3.63, 3.8) is 0 Å². The Labute approximate surface area is 169 Å². The van der Waals surface area contributed by atoms with Gasteiger partial charge < -0.3 is 10.2 Å². The van der Waals surface area contributed by atoms with Crippen molar-refractivity contribution in [2.75, 3.05) is 27.2 Å². The number of sulfonamides is 1. The summed E-state index contributed by atoms with van der Waals surface area (Å²) in [5.74, 6) is 0.710. The number of aromatic nitrogens is 1. The van der Waals surface area contributed by atoms with Gasteiger partial charge in [-0.25, -0.2) is 13.1 Å². The minimum absolute atomic E-state index is 0. The average Bonchev–Trinajstić information content (AvgIpc) is 3.08. The van der Waals surface area contributed by atoms with E-state index in [0.29, 0.717) is 12.5 Å². The number of rotatable bonds is 7. The second-order valence-electron chi connectivity index (χ2n) is 5.05. The van der Waals surface area contributed by atoms with E-state index < -0.39 is 10.0 Å². The Morgan fingerprint density at radius 3 is 2.76 bits per heavy atom. The van der Waals surface area contributed by atoms with Crippen LogP contribution < -0.4 is 10.0 Å². The maximum absolute atomic E-state index is 12.1. The van der Waals surface area contributed by atoms with Gasteiger partial charge in [-0.1, -0.05) is 0 Å². The topological polar surface area (TPSA) is 86.7 Å². The Bertz CT molecular complexity index is 751. The fourth-order valence-electron chi connectivity index (χ4n) is 2.07. The molecule has 7 nitrogen and oxygen atoms in total. The van der Waals surface area contributed by atoms with Gasteiger partial charge in [0.25, 0.3) is 0 Å². The van der Waals surface area contributed by atoms with E-state index in [0.717, 1.165) is 6.54 Å². The summed E-state index contributed by atoms with van der Waals surface area (Å²) in [4.78, 5) is 10.2. The molecule has 10 heteroatoms. The zero-order valence-corrected chi connectivity index (χ0v) is 18.0. The van der Waals surface area contributed by atoms with Gasteiger partial charge >= 0.3 is 0 Å². The first kappa shape index (κ1) is 21.8. The molecule has 2 heterocycles. The van der Waals surface area contributed by atoms with E-state index in [4.69, 9.17) is 0 Å². The molecule has 0 aliphatic heterocycles. The van der Waals surface area contributed by atoms with Crippen LogP contribution in [0.5, 0.6) is 0 Å². The molecular formula is C15H22IN5O2S2. The molecule has 0 aliphatic carbocycles. The lowest BCUT2D eigenvalue weighted by Crippen LogP contribution is -2.42. The van der Waals surface area contributed by atoms with Crippen LogP contribution in [0.15, 0.2) is 51.2 Å². The monoisotopic (exact) mass is 495 g/mol. The molecule has 2 aromatic rings. The summed E-state index contributed by atoms with van der Waals surface area (Å²) in [6.07, 6.45) is 2.86. The molecule has 0 aliphatic rings. The van der Waals surface area contributed by atoms with Crippen LogP contribution in [0.25, 0.3) is 0 Å². The van der Waals surface area contributed by atoms with Gasteiger partial charge in [0, 0.05) is 46.1 Å². The molecule has 0 radical (unpaired) electrons. The number of nitrogens with zero attached hydrogens (tertiary/aromatic N) is 3. The van der Waals surface area contributed by atoms with E-state index in [9.17, 15) is 8.42 Å². The minimum Gasteiger partial charge on any atom is -0.355 e. The van der Waals surface area contributed by atoms with Crippen molar-refractivity contribution in [1.29, 1.82) is 0 Å². The number of guanidine groups is 1. The fraction of sp³-hybridized carbons (Fsp3) is 0.333. The van der Waals surface area contributed by atoms with Crippen LogP contribution in [-0.4, -0.2) is 51.4 Å². The summed E-state index contributed by atoms with van der Waals surface area (Å²) >= 11 is 1.65. The van der Waals surface area contributed by atoms with Crippen LogP contribution >= 0.6 is 35.3 Å². The lowest BCUT2D eigenvalue weighted by Gasteiger charge is -2.21. The Morgan fingerprint density at radius 2 is 2.16 bits per heavy atom. The second kappa shape index (κ2) is 10.7. The summed E-state index contributed by atoms with van der Waals surface area (Å²) in [5, 5.41) is 7.27. The molecule has 25 heavy (non-hydrogen) atoms. The maximum Gasteiger partial charge on any atom is 0.242 e. The molecule has 0 unspecified atom stereocenters. The van der Waals surface area contributed by atoms with Crippen molar-refractivity contribution in [3.05, 3.63) is 46.9 Å². The number of pyridine rings is 1. The lowest BCUT2D eigenvalue weighted by molar-refractivity contribution is 0.477. The number of aliphatic imine (C=N–C) groups is 1. The van der Waals surface area contributed by atoms with Crippen LogP contribution in [0.1, 0.15) is 5.56 Å². The van der Waals surface area contributed by atoms with Crippen LogP contribution in [0.2, 0.25) is 0 Å². The third-order valence-electron chi connectivity index (χ3n) is 3.22.